The predicted molar refractivity (Wildman–Crippen MR) is 79.3 cm³/mol. The van der Waals surface area contributed by atoms with Crippen molar-refractivity contribution in [2.45, 2.75) is 19.6 Å². The van der Waals surface area contributed by atoms with Crippen molar-refractivity contribution in [1.82, 2.24) is 10.0 Å². The molecule has 0 fully saturated rings. The Balaban J connectivity index is 2.69. The van der Waals surface area contributed by atoms with E-state index in [1.54, 1.807) is 38.1 Å². The minimum absolute atomic E-state index is 0.0390. The van der Waals surface area contributed by atoms with Crippen LogP contribution in [-0.4, -0.2) is 27.9 Å². The summed E-state index contributed by atoms with van der Waals surface area (Å²) in [5, 5.41) is 2.51. The predicted octanol–water partition coefficient (Wildman–Crippen LogP) is 0.460. The van der Waals surface area contributed by atoms with Gasteiger partial charge in [-0.1, -0.05) is 12.1 Å². The Bertz CT molecular complexity index is 582. The zero-order valence-corrected chi connectivity index (χ0v) is 12.8. The van der Waals surface area contributed by atoms with Crippen molar-refractivity contribution in [2.24, 2.45) is 5.41 Å². The molecule has 0 spiro atoms. The lowest BCUT2D eigenvalue weighted by Gasteiger charge is -2.22. The van der Waals surface area contributed by atoms with Gasteiger partial charge >= 0.3 is 0 Å². The molecular weight excluding hydrogens is 278 g/mol. The minimum atomic E-state index is -3.51. The van der Waals surface area contributed by atoms with Gasteiger partial charge in [0.15, 0.2) is 0 Å². The average Bonchev–Trinajstić information content (AvgIpc) is 2.35. The van der Waals surface area contributed by atoms with Crippen LogP contribution in [0.1, 0.15) is 19.4 Å². The molecule has 1 rings (SSSR count). The highest BCUT2D eigenvalue weighted by Gasteiger charge is 2.28. The van der Waals surface area contributed by atoms with Gasteiger partial charge < -0.3 is 11.1 Å². The van der Waals surface area contributed by atoms with Crippen LogP contribution in [0, 0.1) is 5.41 Å². The standard InChI is InChI=1S/C13H21N3O3S/c1-13(2,12(17)15-3)9-16-20(18,19)8-10-5-4-6-11(14)7-10/h4-7,16H,8-9,14H2,1-3H3,(H,15,17). The Morgan fingerprint density at radius 2 is 2.00 bits per heavy atom. The Morgan fingerprint density at radius 1 is 1.35 bits per heavy atom. The quantitative estimate of drug-likeness (QED) is 0.664. The molecule has 0 heterocycles. The Kier molecular flexibility index (Phi) is 5.13. The van der Waals surface area contributed by atoms with E-state index in [-0.39, 0.29) is 18.2 Å². The summed E-state index contributed by atoms with van der Waals surface area (Å²) in [6.07, 6.45) is 0. The first-order valence-corrected chi connectivity index (χ1v) is 7.85. The summed E-state index contributed by atoms with van der Waals surface area (Å²) < 4.78 is 26.4. The largest absolute Gasteiger partial charge is 0.399 e. The van der Waals surface area contributed by atoms with Crippen molar-refractivity contribution in [3.63, 3.8) is 0 Å². The van der Waals surface area contributed by atoms with Crippen molar-refractivity contribution in [1.29, 1.82) is 0 Å². The number of nitrogens with two attached hydrogens (primary N) is 1. The molecule has 20 heavy (non-hydrogen) atoms. The first-order valence-electron chi connectivity index (χ1n) is 6.20. The molecule has 4 N–H and O–H groups in total. The molecule has 112 valence electrons. The minimum Gasteiger partial charge on any atom is -0.399 e. The number of carbonyl (C=O) groups excluding carboxylic acids is 1. The van der Waals surface area contributed by atoms with E-state index in [2.05, 4.69) is 10.0 Å². The summed E-state index contributed by atoms with van der Waals surface area (Å²) in [4.78, 5) is 11.6. The molecule has 0 saturated heterocycles. The van der Waals surface area contributed by atoms with Crippen LogP contribution >= 0.6 is 0 Å². The molecule has 0 aliphatic carbocycles. The molecule has 0 aliphatic heterocycles. The summed E-state index contributed by atoms with van der Waals surface area (Å²) in [6, 6.07) is 6.70. The maximum Gasteiger partial charge on any atom is 0.226 e. The van der Waals surface area contributed by atoms with Gasteiger partial charge in [-0.3, -0.25) is 4.79 Å². The van der Waals surface area contributed by atoms with Gasteiger partial charge in [0, 0.05) is 19.3 Å². The van der Waals surface area contributed by atoms with E-state index in [1.165, 1.54) is 7.05 Å². The molecule has 7 heteroatoms. The number of hydrogen-bond acceptors (Lipinski definition) is 4. The highest BCUT2D eigenvalue weighted by atomic mass is 32.2. The Hall–Kier alpha value is -1.60. The van der Waals surface area contributed by atoms with Gasteiger partial charge in [-0.15, -0.1) is 0 Å². The van der Waals surface area contributed by atoms with Crippen molar-refractivity contribution in [2.75, 3.05) is 19.3 Å². The highest BCUT2D eigenvalue weighted by Crippen LogP contribution is 2.15. The van der Waals surface area contributed by atoms with Crippen molar-refractivity contribution < 1.29 is 13.2 Å². The summed E-state index contributed by atoms with van der Waals surface area (Å²) in [5.74, 6) is -0.383. The molecule has 0 atom stereocenters. The summed E-state index contributed by atoms with van der Waals surface area (Å²) in [6.45, 7) is 3.39. The number of sulfonamides is 1. The van der Waals surface area contributed by atoms with Crippen molar-refractivity contribution >= 4 is 21.6 Å². The van der Waals surface area contributed by atoms with E-state index in [4.69, 9.17) is 5.73 Å². The van der Waals surface area contributed by atoms with Crippen LogP contribution < -0.4 is 15.8 Å². The third-order valence-corrected chi connectivity index (χ3v) is 4.18. The lowest BCUT2D eigenvalue weighted by atomic mass is 9.93. The molecular formula is C13H21N3O3S. The monoisotopic (exact) mass is 299 g/mol. The topological polar surface area (TPSA) is 101 Å². The van der Waals surface area contributed by atoms with E-state index >= 15 is 0 Å². The van der Waals surface area contributed by atoms with E-state index in [0.29, 0.717) is 11.3 Å². The first kappa shape index (κ1) is 16.5. The number of amides is 1. The maximum absolute atomic E-state index is 12.0. The van der Waals surface area contributed by atoms with Crippen LogP contribution in [-0.2, 0) is 20.6 Å². The third-order valence-electron chi connectivity index (χ3n) is 2.88. The second-order valence-electron chi connectivity index (χ2n) is 5.29. The van der Waals surface area contributed by atoms with Gasteiger partial charge in [0.2, 0.25) is 15.9 Å². The smallest absolute Gasteiger partial charge is 0.226 e. The molecule has 1 aromatic carbocycles. The van der Waals surface area contributed by atoms with Gasteiger partial charge in [-0.2, -0.15) is 0 Å². The lowest BCUT2D eigenvalue weighted by molar-refractivity contribution is -0.128. The van der Waals surface area contributed by atoms with Gasteiger partial charge in [0.25, 0.3) is 0 Å². The number of rotatable bonds is 6. The molecule has 0 unspecified atom stereocenters. The van der Waals surface area contributed by atoms with Crippen LogP contribution in [0.2, 0.25) is 0 Å². The van der Waals surface area contributed by atoms with Crippen molar-refractivity contribution in [3.05, 3.63) is 29.8 Å². The van der Waals surface area contributed by atoms with Crippen LogP contribution in [0.5, 0.6) is 0 Å². The molecule has 1 amide bonds. The van der Waals surface area contributed by atoms with Crippen molar-refractivity contribution in [3.8, 4) is 0 Å². The van der Waals surface area contributed by atoms with Crippen LogP contribution in [0.4, 0.5) is 5.69 Å². The van der Waals surface area contributed by atoms with Crippen LogP contribution in [0.25, 0.3) is 0 Å². The van der Waals surface area contributed by atoms with E-state index in [9.17, 15) is 13.2 Å². The molecule has 0 bridgehead atoms. The third kappa shape index (κ3) is 4.82. The van der Waals surface area contributed by atoms with Crippen LogP contribution in [0.3, 0.4) is 0 Å². The zero-order valence-electron chi connectivity index (χ0n) is 11.9. The lowest BCUT2D eigenvalue weighted by Crippen LogP contribution is -2.43. The van der Waals surface area contributed by atoms with E-state index < -0.39 is 15.4 Å². The van der Waals surface area contributed by atoms with Gasteiger partial charge in [0.1, 0.15) is 0 Å². The average molecular weight is 299 g/mol. The summed E-state index contributed by atoms with van der Waals surface area (Å²) in [7, 11) is -1.99. The van der Waals surface area contributed by atoms with Gasteiger partial charge in [-0.25, -0.2) is 13.1 Å². The van der Waals surface area contributed by atoms with Gasteiger partial charge in [0.05, 0.1) is 11.2 Å². The molecule has 0 saturated carbocycles. The summed E-state index contributed by atoms with van der Waals surface area (Å²) in [5.41, 5.74) is 5.93. The fourth-order valence-corrected chi connectivity index (χ4v) is 2.96. The fourth-order valence-electron chi connectivity index (χ4n) is 1.66. The molecule has 0 aromatic heterocycles. The number of benzene rings is 1. The normalized spacial score (nSPS) is 12.2. The molecule has 0 radical (unpaired) electrons. The SMILES string of the molecule is CNC(=O)C(C)(C)CNS(=O)(=O)Cc1cccc(N)c1. The zero-order chi connectivity index (χ0) is 15.4. The fraction of sp³-hybridized carbons (Fsp3) is 0.462. The number of nitrogens with one attached hydrogen (secondary N) is 2. The number of anilines is 1. The maximum atomic E-state index is 12.0. The second-order valence-corrected chi connectivity index (χ2v) is 7.10. The Morgan fingerprint density at radius 3 is 2.55 bits per heavy atom. The van der Waals surface area contributed by atoms with Gasteiger partial charge in [-0.05, 0) is 31.5 Å². The van der Waals surface area contributed by atoms with E-state index in [1.807, 2.05) is 0 Å². The second kappa shape index (κ2) is 6.23. The molecule has 1 aromatic rings. The number of hydrogen-bond donors (Lipinski definition) is 3. The summed E-state index contributed by atoms with van der Waals surface area (Å²) >= 11 is 0. The number of carbonyl (C=O) groups is 1. The Labute approximate surface area is 119 Å². The number of nitrogen functional groups attached to an aromatic ring is 1. The first-order chi connectivity index (χ1) is 9.16. The highest BCUT2D eigenvalue weighted by molar-refractivity contribution is 7.88. The van der Waals surface area contributed by atoms with Crippen LogP contribution in [0.15, 0.2) is 24.3 Å². The van der Waals surface area contributed by atoms with E-state index in [0.717, 1.165) is 0 Å². The molecule has 6 nitrogen and oxygen atoms in total. The molecule has 0 aliphatic rings.